The second-order valence-electron chi connectivity index (χ2n) is 5.53. The maximum absolute atomic E-state index is 12.6. The van der Waals surface area contributed by atoms with Crippen LogP contribution < -0.4 is 5.32 Å². The molecule has 0 saturated carbocycles. The van der Waals surface area contributed by atoms with Crippen molar-refractivity contribution in [2.75, 3.05) is 13.2 Å². The van der Waals surface area contributed by atoms with Crippen LogP contribution in [-0.2, 0) is 19.9 Å². The summed E-state index contributed by atoms with van der Waals surface area (Å²) in [7, 11) is 0. The zero-order valence-corrected chi connectivity index (χ0v) is 13.9. The van der Waals surface area contributed by atoms with Gasteiger partial charge in [0.05, 0.1) is 6.61 Å². The van der Waals surface area contributed by atoms with Crippen LogP contribution in [0.4, 0.5) is 4.79 Å². The molecular formula is C16H19ClN2O4. The lowest BCUT2D eigenvalue weighted by molar-refractivity contribution is -0.147. The van der Waals surface area contributed by atoms with Crippen LogP contribution in [-0.4, -0.2) is 36.0 Å². The van der Waals surface area contributed by atoms with Gasteiger partial charge in [0.15, 0.2) is 0 Å². The lowest BCUT2D eigenvalue weighted by Crippen LogP contribution is -2.41. The summed E-state index contributed by atoms with van der Waals surface area (Å²) in [6.07, 6.45) is 1.64. The predicted octanol–water partition coefficient (Wildman–Crippen LogP) is 2.45. The van der Waals surface area contributed by atoms with Crippen molar-refractivity contribution in [2.24, 2.45) is 0 Å². The molecule has 2 rings (SSSR count). The number of hydrogen-bond donors (Lipinski definition) is 1. The topological polar surface area (TPSA) is 75.7 Å². The van der Waals surface area contributed by atoms with Gasteiger partial charge in [-0.2, -0.15) is 0 Å². The number of halogens is 1. The molecule has 1 aliphatic rings. The summed E-state index contributed by atoms with van der Waals surface area (Å²) >= 11 is 5.84. The van der Waals surface area contributed by atoms with Crippen molar-refractivity contribution in [1.82, 2.24) is 10.2 Å². The highest BCUT2D eigenvalue weighted by atomic mass is 35.5. The molecule has 0 aromatic heterocycles. The van der Waals surface area contributed by atoms with Gasteiger partial charge in [-0.25, -0.2) is 4.79 Å². The Morgan fingerprint density at radius 3 is 2.57 bits per heavy atom. The third-order valence-corrected chi connectivity index (χ3v) is 4.00. The molecule has 0 aliphatic carbocycles. The minimum atomic E-state index is -1.22. The zero-order chi connectivity index (χ0) is 17.0. The number of hydrogen-bond acceptors (Lipinski definition) is 4. The van der Waals surface area contributed by atoms with Crippen LogP contribution in [0, 0.1) is 0 Å². The average molecular weight is 339 g/mol. The van der Waals surface area contributed by atoms with Crippen LogP contribution in [0.2, 0.25) is 5.02 Å². The second-order valence-corrected chi connectivity index (χ2v) is 5.96. The number of imide groups is 1. The van der Waals surface area contributed by atoms with Crippen molar-refractivity contribution in [3.63, 3.8) is 0 Å². The first-order chi connectivity index (χ1) is 10.9. The molecule has 1 unspecified atom stereocenters. The molecule has 0 bridgehead atoms. The largest absolute Gasteiger partial charge is 0.464 e. The highest BCUT2D eigenvalue weighted by Gasteiger charge is 2.49. The van der Waals surface area contributed by atoms with Crippen LogP contribution >= 0.6 is 11.6 Å². The van der Waals surface area contributed by atoms with Crippen LogP contribution in [0.15, 0.2) is 24.3 Å². The number of amides is 3. The third kappa shape index (κ3) is 3.64. The van der Waals surface area contributed by atoms with Crippen LogP contribution in [0.25, 0.3) is 0 Å². The van der Waals surface area contributed by atoms with E-state index in [0.717, 1.165) is 17.7 Å². The number of nitrogens with one attached hydrogen (secondary N) is 1. The smallest absolute Gasteiger partial charge is 0.326 e. The maximum Gasteiger partial charge on any atom is 0.326 e. The van der Waals surface area contributed by atoms with Crippen LogP contribution in [0.5, 0.6) is 0 Å². The fourth-order valence-electron chi connectivity index (χ4n) is 2.32. The van der Waals surface area contributed by atoms with E-state index in [-0.39, 0.29) is 6.61 Å². The van der Waals surface area contributed by atoms with Gasteiger partial charge in [-0.05, 0) is 31.0 Å². The van der Waals surface area contributed by atoms with E-state index in [1.165, 1.54) is 0 Å². The first-order valence-electron chi connectivity index (χ1n) is 7.44. The molecule has 6 nitrogen and oxygen atoms in total. The lowest BCUT2D eigenvalue weighted by atomic mass is 9.92. The number of carbonyl (C=O) groups is 3. The van der Waals surface area contributed by atoms with E-state index in [1.807, 2.05) is 6.92 Å². The van der Waals surface area contributed by atoms with Gasteiger partial charge in [-0.1, -0.05) is 37.1 Å². The van der Waals surface area contributed by atoms with Gasteiger partial charge < -0.3 is 10.1 Å². The highest BCUT2D eigenvalue weighted by molar-refractivity contribution is 6.30. The lowest BCUT2D eigenvalue weighted by Gasteiger charge is -2.22. The molecule has 1 saturated heterocycles. The van der Waals surface area contributed by atoms with E-state index in [1.54, 1.807) is 31.2 Å². The SMILES string of the molecule is CCCCOC(=O)CN1C(=O)NC(C)(c2ccc(Cl)cc2)C1=O. The van der Waals surface area contributed by atoms with Crippen molar-refractivity contribution < 1.29 is 19.1 Å². The molecule has 1 aliphatic heterocycles. The molecule has 3 amide bonds. The van der Waals surface area contributed by atoms with Gasteiger partial charge in [0.25, 0.3) is 5.91 Å². The van der Waals surface area contributed by atoms with E-state index in [0.29, 0.717) is 10.6 Å². The van der Waals surface area contributed by atoms with Crippen molar-refractivity contribution in [1.29, 1.82) is 0 Å². The highest BCUT2D eigenvalue weighted by Crippen LogP contribution is 2.29. The fraction of sp³-hybridized carbons (Fsp3) is 0.438. The van der Waals surface area contributed by atoms with E-state index in [4.69, 9.17) is 16.3 Å². The molecule has 0 radical (unpaired) electrons. The molecule has 1 heterocycles. The standard InChI is InChI=1S/C16H19ClN2O4/c1-3-4-9-23-13(20)10-19-14(21)16(2,18-15(19)22)11-5-7-12(17)8-6-11/h5-8H,3-4,9-10H2,1-2H3,(H,18,22). The van der Waals surface area contributed by atoms with Crippen molar-refractivity contribution in [2.45, 2.75) is 32.2 Å². The van der Waals surface area contributed by atoms with Gasteiger partial charge in [0, 0.05) is 5.02 Å². The minimum absolute atomic E-state index is 0.285. The molecule has 124 valence electrons. The molecule has 0 spiro atoms. The summed E-state index contributed by atoms with van der Waals surface area (Å²) in [5.74, 6) is -1.08. The number of urea groups is 1. The second kappa shape index (κ2) is 7.00. The Morgan fingerprint density at radius 2 is 1.96 bits per heavy atom. The normalized spacial score (nSPS) is 20.6. The van der Waals surface area contributed by atoms with Gasteiger partial charge >= 0.3 is 12.0 Å². The van der Waals surface area contributed by atoms with Crippen molar-refractivity contribution >= 4 is 29.5 Å². The van der Waals surface area contributed by atoms with E-state index < -0.39 is 30.0 Å². The number of carbonyl (C=O) groups excluding carboxylic acids is 3. The van der Waals surface area contributed by atoms with Gasteiger partial charge in [0.2, 0.25) is 0 Å². The molecule has 23 heavy (non-hydrogen) atoms. The summed E-state index contributed by atoms with van der Waals surface area (Å²) in [6, 6.07) is 6.01. The number of ether oxygens (including phenoxy) is 1. The molecule has 1 aromatic carbocycles. The Morgan fingerprint density at radius 1 is 1.30 bits per heavy atom. The number of esters is 1. The van der Waals surface area contributed by atoms with Crippen LogP contribution in [0.1, 0.15) is 32.3 Å². The Bertz CT molecular complexity index is 617. The number of nitrogens with zero attached hydrogens (tertiary/aromatic N) is 1. The summed E-state index contributed by atoms with van der Waals surface area (Å²) in [5.41, 5.74) is -0.618. The summed E-state index contributed by atoms with van der Waals surface area (Å²) in [4.78, 5) is 37.3. The Hall–Kier alpha value is -2.08. The number of benzene rings is 1. The predicted molar refractivity (Wildman–Crippen MR) is 84.9 cm³/mol. The van der Waals surface area contributed by atoms with Gasteiger partial charge in [0.1, 0.15) is 12.1 Å². The first-order valence-corrected chi connectivity index (χ1v) is 7.82. The fourth-order valence-corrected chi connectivity index (χ4v) is 2.45. The van der Waals surface area contributed by atoms with Gasteiger partial charge in [-0.3, -0.25) is 14.5 Å². The Kier molecular flexibility index (Phi) is 5.26. The molecular weight excluding hydrogens is 320 g/mol. The average Bonchev–Trinajstić information content (AvgIpc) is 2.72. The molecule has 7 heteroatoms. The number of rotatable bonds is 6. The monoisotopic (exact) mass is 338 g/mol. The third-order valence-electron chi connectivity index (χ3n) is 3.74. The van der Waals surface area contributed by atoms with E-state index in [9.17, 15) is 14.4 Å². The first kappa shape index (κ1) is 17.3. The maximum atomic E-state index is 12.6. The minimum Gasteiger partial charge on any atom is -0.464 e. The van der Waals surface area contributed by atoms with Crippen LogP contribution in [0.3, 0.4) is 0 Å². The zero-order valence-electron chi connectivity index (χ0n) is 13.1. The van der Waals surface area contributed by atoms with Crippen molar-refractivity contribution in [3.05, 3.63) is 34.9 Å². The summed E-state index contributed by atoms with van der Waals surface area (Å²) < 4.78 is 5.00. The van der Waals surface area contributed by atoms with Gasteiger partial charge in [-0.15, -0.1) is 0 Å². The van der Waals surface area contributed by atoms with E-state index >= 15 is 0 Å². The molecule has 1 atom stereocenters. The number of unbranched alkanes of at least 4 members (excludes halogenated alkanes) is 1. The quantitative estimate of drug-likeness (QED) is 0.491. The summed E-state index contributed by atoms with van der Waals surface area (Å²) in [5, 5.41) is 3.16. The Balaban J connectivity index is 2.10. The molecule has 1 aromatic rings. The molecule has 1 N–H and O–H groups in total. The summed E-state index contributed by atoms with van der Waals surface area (Å²) in [6.45, 7) is 3.46. The van der Waals surface area contributed by atoms with E-state index in [2.05, 4.69) is 5.32 Å². The Labute approximate surface area is 139 Å². The van der Waals surface area contributed by atoms with Crippen molar-refractivity contribution in [3.8, 4) is 0 Å². The molecule has 1 fully saturated rings.